The Bertz CT molecular complexity index is 300. The van der Waals surface area contributed by atoms with Gasteiger partial charge in [-0.3, -0.25) is 4.79 Å². The molecule has 0 aromatic heterocycles. The van der Waals surface area contributed by atoms with Gasteiger partial charge in [-0.2, -0.15) is 0 Å². The van der Waals surface area contributed by atoms with Crippen LogP contribution in [-0.2, 0) is 4.79 Å². The summed E-state index contributed by atoms with van der Waals surface area (Å²) in [4.78, 5) is 25.0. The lowest BCUT2D eigenvalue weighted by molar-refractivity contribution is -0.128. The van der Waals surface area contributed by atoms with Crippen LogP contribution in [0.2, 0.25) is 0 Å². The average Bonchev–Trinajstić information content (AvgIpc) is 2.39. The van der Waals surface area contributed by atoms with Crippen LogP contribution in [0.25, 0.3) is 0 Å². The van der Waals surface area contributed by atoms with E-state index in [4.69, 9.17) is 5.73 Å². The van der Waals surface area contributed by atoms with Gasteiger partial charge in [0, 0.05) is 25.6 Å². The summed E-state index contributed by atoms with van der Waals surface area (Å²) in [6.45, 7) is 1.67. The Kier molecular flexibility index (Phi) is 3.99. The second-order valence-electron chi connectivity index (χ2n) is 4.96. The molecule has 17 heavy (non-hydrogen) atoms. The monoisotopic (exact) mass is 238 g/mol. The molecule has 1 saturated carbocycles. The molecule has 1 aliphatic heterocycles. The molecule has 0 spiro atoms. The predicted octanol–water partition coefficient (Wildman–Crippen LogP) is 0.812. The molecular weight excluding hydrogens is 218 g/mol. The molecule has 0 bridgehead atoms. The molecule has 1 unspecified atom stereocenters. The molecule has 5 heteroatoms. The molecule has 0 aromatic rings. The van der Waals surface area contributed by atoms with E-state index in [-0.39, 0.29) is 11.7 Å². The van der Waals surface area contributed by atoms with Crippen molar-refractivity contribution in [3.8, 4) is 0 Å². The van der Waals surface area contributed by atoms with Crippen LogP contribution in [0.3, 0.4) is 0 Å². The van der Waals surface area contributed by atoms with Crippen molar-refractivity contribution in [1.82, 2.24) is 16.0 Å². The van der Waals surface area contributed by atoms with E-state index in [2.05, 4.69) is 5.32 Å². The summed E-state index contributed by atoms with van der Waals surface area (Å²) < 4.78 is 0. The first kappa shape index (κ1) is 12.4. The normalized spacial score (nSPS) is 26.8. The molecule has 2 aliphatic rings. The van der Waals surface area contributed by atoms with Crippen LogP contribution in [0.4, 0.5) is 4.79 Å². The van der Waals surface area contributed by atoms with Gasteiger partial charge in [-0.15, -0.1) is 0 Å². The fraction of sp³-hybridized carbons (Fsp3) is 0.833. The Morgan fingerprint density at radius 1 is 1.18 bits per heavy atom. The number of piperazine rings is 1. The van der Waals surface area contributed by atoms with Gasteiger partial charge in [0.25, 0.3) is 0 Å². The molecule has 1 aliphatic carbocycles. The van der Waals surface area contributed by atoms with E-state index < -0.39 is 12.1 Å². The van der Waals surface area contributed by atoms with Crippen molar-refractivity contribution in [2.75, 3.05) is 19.6 Å². The molecule has 2 fully saturated rings. The molecule has 1 radical (unpaired) electrons. The summed E-state index contributed by atoms with van der Waals surface area (Å²) in [5.74, 6) is 0.271. The van der Waals surface area contributed by atoms with Crippen molar-refractivity contribution in [3.63, 3.8) is 0 Å². The van der Waals surface area contributed by atoms with Crippen molar-refractivity contribution < 1.29 is 9.59 Å². The van der Waals surface area contributed by atoms with Gasteiger partial charge < -0.3 is 10.2 Å². The maximum absolute atomic E-state index is 12.4. The van der Waals surface area contributed by atoms with Crippen molar-refractivity contribution >= 4 is 11.8 Å². The van der Waals surface area contributed by atoms with Crippen LogP contribution < -0.4 is 11.1 Å². The summed E-state index contributed by atoms with van der Waals surface area (Å²) in [6, 6.07) is -1.13. The Morgan fingerprint density at radius 2 is 1.88 bits per heavy atom. The van der Waals surface area contributed by atoms with Gasteiger partial charge in [0.1, 0.15) is 6.04 Å². The molecule has 0 aromatic carbocycles. The van der Waals surface area contributed by atoms with Crippen molar-refractivity contribution in [3.05, 3.63) is 0 Å². The summed E-state index contributed by atoms with van der Waals surface area (Å²) in [5.41, 5.74) is 7.22. The first-order valence-electron chi connectivity index (χ1n) is 6.47. The Morgan fingerprint density at radius 3 is 2.53 bits per heavy atom. The zero-order chi connectivity index (χ0) is 12.3. The van der Waals surface area contributed by atoms with E-state index in [1.165, 1.54) is 11.3 Å². The smallest absolute Gasteiger partial charge is 0.312 e. The van der Waals surface area contributed by atoms with E-state index >= 15 is 0 Å². The molecule has 1 atom stereocenters. The Hall–Kier alpha value is -1.10. The van der Waals surface area contributed by atoms with Crippen molar-refractivity contribution in [2.24, 2.45) is 5.92 Å². The molecule has 5 nitrogen and oxygen atoms in total. The molecule has 2 amide bonds. The van der Waals surface area contributed by atoms with E-state index in [1.807, 2.05) is 0 Å². The summed E-state index contributed by atoms with van der Waals surface area (Å²) in [6.07, 6.45) is 5.36. The van der Waals surface area contributed by atoms with Crippen LogP contribution in [0.15, 0.2) is 0 Å². The van der Waals surface area contributed by atoms with Crippen molar-refractivity contribution in [2.45, 2.75) is 38.1 Å². The zero-order valence-corrected chi connectivity index (χ0v) is 10.1. The number of amides is 2. The number of urea groups is 1. The molecule has 1 saturated heterocycles. The third kappa shape index (κ3) is 2.77. The van der Waals surface area contributed by atoms with Crippen LogP contribution in [-0.4, -0.2) is 42.4 Å². The summed E-state index contributed by atoms with van der Waals surface area (Å²) in [5, 5.41) is 3.14. The number of hydrogen-bond acceptors (Lipinski definition) is 3. The summed E-state index contributed by atoms with van der Waals surface area (Å²) in [7, 11) is 0. The highest BCUT2D eigenvalue weighted by Crippen LogP contribution is 2.26. The first-order valence-corrected chi connectivity index (χ1v) is 6.47. The minimum atomic E-state index is -0.722. The highest BCUT2D eigenvalue weighted by atomic mass is 16.2. The minimum absolute atomic E-state index is 0.107. The van der Waals surface area contributed by atoms with Gasteiger partial charge in [-0.1, -0.05) is 19.3 Å². The number of rotatable bonds is 2. The fourth-order valence-electron chi connectivity index (χ4n) is 2.86. The molecular formula is C12H20N3O2. The third-order valence-corrected chi connectivity index (χ3v) is 3.84. The lowest BCUT2D eigenvalue weighted by Crippen LogP contribution is -2.58. The number of nitrogens with zero attached hydrogens (tertiary/aromatic N) is 1. The molecule has 95 valence electrons. The van der Waals surface area contributed by atoms with Gasteiger partial charge in [0.2, 0.25) is 0 Å². The van der Waals surface area contributed by atoms with Crippen LogP contribution >= 0.6 is 0 Å². The standard InChI is InChI=1S/C12H20N3O2/c13-12(17)15-7-6-14-8-10(15)11(16)9-4-2-1-3-5-9/h9-10,13-14H,1-8H2. The zero-order valence-electron chi connectivity index (χ0n) is 10.1. The van der Waals surface area contributed by atoms with E-state index in [0.717, 1.165) is 25.7 Å². The first-order chi connectivity index (χ1) is 8.20. The number of Topliss-reactive ketones (excluding diaryl/α,β-unsaturated/α-hetero) is 1. The maximum atomic E-state index is 12.4. The molecule has 2 N–H and O–H groups in total. The SMILES string of the molecule is [NH]C(=O)N1CCNCC1C(=O)C1CCCCC1. The number of ketones is 1. The second kappa shape index (κ2) is 5.49. The maximum Gasteiger partial charge on any atom is 0.336 e. The minimum Gasteiger partial charge on any atom is -0.312 e. The number of carbonyl (C=O) groups is 2. The largest absolute Gasteiger partial charge is 0.336 e. The van der Waals surface area contributed by atoms with Gasteiger partial charge in [0.15, 0.2) is 5.78 Å². The second-order valence-corrected chi connectivity index (χ2v) is 4.96. The highest BCUT2D eigenvalue weighted by Gasteiger charge is 2.35. The van der Waals surface area contributed by atoms with Gasteiger partial charge >= 0.3 is 6.03 Å². The van der Waals surface area contributed by atoms with E-state index in [0.29, 0.717) is 19.6 Å². The highest BCUT2D eigenvalue weighted by molar-refractivity contribution is 5.90. The summed E-state index contributed by atoms with van der Waals surface area (Å²) >= 11 is 0. The van der Waals surface area contributed by atoms with Gasteiger partial charge in [0.05, 0.1) is 0 Å². The lowest BCUT2D eigenvalue weighted by Gasteiger charge is -2.36. The molecule has 2 rings (SSSR count). The average molecular weight is 238 g/mol. The number of carbonyl (C=O) groups excluding carboxylic acids is 2. The van der Waals surface area contributed by atoms with E-state index in [1.54, 1.807) is 0 Å². The van der Waals surface area contributed by atoms with Crippen molar-refractivity contribution in [1.29, 1.82) is 0 Å². The predicted molar refractivity (Wildman–Crippen MR) is 63.4 cm³/mol. The van der Waals surface area contributed by atoms with Crippen LogP contribution in [0, 0.1) is 5.92 Å². The Balaban J connectivity index is 2.02. The van der Waals surface area contributed by atoms with Crippen LogP contribution in [0.1, 0.15) is 32.1 Å². The number of nitrogens with one attached hydrogen (secondary N) is 2. The van der Waals surface area contributed by atoms with E-state index in [9.17, 15) is 9.59 Å². The fourth-order valence-corrected chi connectivity index (χ4v) is 2.86. The molecule has 1 heterocycles. The lowest BCUT2D eigenvalue weighted by atomic mass is 9.83. The quantitative estimate of drug-likeness (QED) is 0.773. The Labute approximate surface area is 102 Å². The van der Waals surface area contributed by atoms with Gasteiger partial charge in [-0.05, 0) is 12.8 Å². The number of hydrogen-bond donors (Lipinski definition) is 1. The third-order valence-electron chi connectivity index (χ3n) is 3.84. The topological polar surface area (TPSA) is 73.2 Å². The van der Waals surface area contributed by atoms with Gasteiger partial charge in [-0.25, -0.2) is 10.5 Å². The van der Waals surface area contributed by atoms with Crippen LogP contribution in [0.5, 0.6) is 0 Å².